The smallest absolute Gasteiger partial charge is 0.306 e. The van der Waals surface area contributed by atoms with Crippen LogP contribution in [0.15, 0.2) is 12.2 Å². The molecule has 0 aliphatic carbocycles. The third kappa shape index (κ3) is 49.3. The molecule has 5 nitrogen and oxygen atoms in total. The Balaban J connectivity index is 4.16. The Kier molecular flexibility index (Phi) is 50.8. The molecule has 0 bridgehead atoms. The molecule has 0 saturated heterocycles. The molecule has 0 fully saturated rings. The molecule has 0 amide bonds. The summed E-state index contributed by atoms with van der Waals surface area (Å²) in [4.78, 5) is 25.4. The monoisotopic (exact) mass is 847 g/mol. The van der Waals surface area contributed by atoms with Crippen molar-refractivity contribution < 1.29 is 23.8 Å². The molecule has 5 heteroatoms. The molecular formula is C55H106O5. The zero-order valence-electron chi connectivity index (χ0n) is 41.0. The fraction of sp³-hybridized carbons (Fsp3) is 0.927. The minimum Gasteiger partial charge on any atom is -0.462 e. The average molecular weight is 847 g/mol. The van der Waals surface area contributed by atoms with Gasteiger partial charge in [0.15, 0.2) is 6.10 Å². The van der Waals surface area contributed by atoms with E-state index in [9.17, 15) is 9.59 Å². The standard InChI is InChI=1S/C55H106O5/c1-4-7-10-13-16-19-22-24-26-28-29-31-34-36-39-42-45-48-54(56)59-52-53(60-55(57)49-46-43-40-37-33-21-18-15-12-9-6-3)51-58-50-47-44-41-38-35-32-30-27-25-23-20-17-14-11-8-5-2/h15,18,53H,4-14,16-17,19-52H2,1-3H3/b18-15-. The summed E-state index contributed by atoms with van der Waals surface area (Å²) in [6.07, 6.45) is 59.4. The molecule has 0 aliphatic rings. The molecule has 0 spiro atoms. The van der Waals surface area contributed by atoms with Crippen LogP contribution in [-0.4, -0.2) is 37.9 Å². The van der Waals surface area contributed by atoms with Crippen molar-refractivity contribution in [3.63, 3.8) is 0 Å². The molecule has 0 aromatic carbocycles. The summed E-state index contributed by atoms with van der Waals surface area (Å²) >= 11 is 0. The van der Waals surface area contributed by atoms with E-state index in [-0.39, 0.29) is 18.5 Å². The lowest BCUT2D eigenvalue weighted by Crippen LogP contribution is -2.30. The highest BCUT2D eigenvalue weighted by atomic mass is 16.6. The molecule has 0 heterocycles. The van der Waals surface area contributed by atoms with Gasteiger partial charge in [-0.1, -0.05) is 264 Å². The van der Waals surface area contributed by atoms with Crippen LogP contribution in [-0.2, 0) is 23.8 Å². The van der Waals surface area contributed by atoms with Crippen LogP contribution in [0.5, 0.6) is 0 Å². The maximum absolute atomic E-state index is 12.8. The van der Waals surface area contributed by atoms with E-state index in [1.807, 2.05) is 0 Å². The Morgan fingerprint density at radius 2 is 0.667 bits per heavy atom. The molecule has 1 atom stereocenters. The Hall–Kier alpha value is -1.36. The molecule has 0 aromatic heterocycles. The van der Waals surface area contributed by atoms with Crippen LogP contribution in [0.3, 0.4) is 0 Å². The number of allylic oxidation sites excluding steroid dienone is 2. The third-order valence-electron chi connectivity index (χ3n) is 12.3. The second kappa shape index (κ2) is 52.0. The maximum atomic E-state index is 12.8. The molecule has 60 heavy (non-hydrogen) atoms. The second-order valence-corrected chi connectivity index (χ2v) is 18.5. The highest BCUT2D eigenvalue weighted by molar-refractivity contribution is 5.70. The summed E-state index contributed by atoms with van der Waals surface area (Å²) in [5.74, 6) is -0.385. The van der Waals surface area contributed by atoms with Gasteiger partial charge in [0.1, 0.15) is 6.61 Å². The zero-order valence-corrected chi connectivity index (χ0v) is 41.0. The van der Waals surface area contributed by atoms with Crippen molar-refractivity contribution in [2.24, 2.45) is 0 Å². The number of hydrogen-bond donors (Lipinski definition) is 0. The number of carbonyl (C=O) groups is 2. The average Bonchev–Trinajstić information content (AvgIpc) is 3.25. The molecule has 0 N–H and O–H groups in total. The number of carbonyl (C=O) groups excluding carboxylic acids is 2. The van der Waals surface area contributed by atoms with Gasteiger partial charge in [-0.05, 0) is 38.5 Å². The summed E-state index contributed by atoms with van der Waals surface area (Å²) < 4.78 is 17.4. The van der Waals surface area contributed by atoms with Gasteiger partial charge in [-0.2, -0.15) is 0 Å². The van der Waals surface area contributed by atoms with Crippen molar-refractivity contribution in [2.45, 2.75) is 309 Å². The SMILES string of the molecule is CCCC/C=C\CCCCCCCC(=O)OC(COCCCCCCCCCCCCCCCCCC)COC(=O)CCCCCCCCCCCCCCCCCCC. The third-order valence-corrected chi connectivity index (χ3v) is 12.3. The number of unbranched alkanes of at least 4 members (excludes halogenated alkanes) is 38. The number of ether oxygens (including phenoxy) is 3. The Morgan fingerprint density at radius 3 is 1.07 bits per heavy atom. The van der Waals surface area contributed by atoms with Crippen LogP contribution in [0, 0.1) is 0 Å². The summed E-state index contributed by atoms with van der Waals surface area (Å²) in [5, 5.41) is 0. The lowest BCUT2D eigenvalue weighted by atomic mass is 10.0. The normalized spacial score (nSPS) is 12.1. The first kappa shape index (κ1) is 58.6. The van der Waals surface area contributed by atoms with Gasteiger partial charge in [-0.3, -0.25) is 9.59 Å². The minimum atomic E-state index is -0.530. The maximum Gasteiger partial charge on any atom is 0.306 e. The number of hydrogen-bond acceptors (Lipinski definition) is 5. The van der Waals surface area contributed by atoms with Crippen molar-refractivity contribution in [3.05, 3.63) is 12.2 Å². The fourth-order valence-electron chi connectivity index (χ4n) is 8.20. The van der Waals surface area contributed by atoms with E-state index in [4.69, 9.17) is 14.2 Å². The first-order chi connectivity index (χ1) is 29.6. The molecule has 0 radical (unpaired) electrons. The van der Waals surface area contributed by atoms with Crippen molar-refractivity contribution in [1.82, 2.24) is 0 Å². The van der Waals surface area contributed by atoms with Crippen molar-refractivity contribution >= 4 is 11.9 Å². The Bertz CT molecular complexity index is 871. The lowest BCUT2D eigenvalue weighted by Gasteiger charge is -2.18. The molecule has 0 rings (SSSR count). The lowest BCUT2D eigenvalue weighted by molar-refractivity contribution is -0.163. The highest BCUT2D eigenvalue weighted by Crippen LogP contribution is 2.17. The van der Waals surface area contributed by atoms with E-state index in [0.29, 0.717) is 26.1 Å². The fourth-order valence-corrected chi connectivity index (χ4v) is 8.20. The van der Waals surface area contributed by atoms with Crippen molar-refractivity contribution in [1.29, 1.82) is 0 Å². The van der Waals surface area contributed by atoms with Crippen molar-refractivity contribution in [2.75, 3.05) is 19.8 Å². The van der Waals surface area contributed by atoms with Crippen LogP contribution in [0.2, 0.25) is 0 Å². The van der Waals surface area contributed by atoms with Crippen molar-refractivity contribution in [3.8, 4) is 0 Å². The Labute approximate surface area is 375 Å². The first-order valence-corrected chi connectivity index (χ1v) is 27.2. The largest absolute Gasteiger partial charge is 0.462 e. The van der Waals surface area contributed by atoms with Gasteiger partial charge in [-0.15, -0.1) is 0 Å². The predicted molar refractivity (Wildman–Crippen MR) is 261 cm³/mol. The summed E-state index contributed by atoms with van der Waals surface area (Å²) in [6, 6.07) is 0. The first-order valence-electron chi connectivity index (χ1n) is 27.2. The zero-order chi connectivity index (χ0) is 43.5. The topological polar surface area (TPSA) is 61.8 Å². The molecule has 0 aliphatic heterocycles. The van der Waals surface area contributed by atoms with Gasteiger partial charge in [0.25, 0.3) is 0 Å². The van der Waals surface area contributed by atoms with Gasteiger partial charge in [-0.25, -0.2) is 0 Å². The number of rotatable bonds is 51. The van der Waals surface area contributed by atoms with E-state index in [0.717, 1.165) is 44.9 Å². The summed E-state index contributed by atoms with van der Waals surface area (Å²) in [7, 11) is 0. The quantitative estimate of drug-likeness (QED) is 0.0347. The highest BCUT2D eigenvalue weighted by Gasteiger charge is 2.17. The Morgan fingerprint density at radius 1 is 0.350 bits per heavy atom. The van der Waals surface area contributed by atoms with Crippen LogP contribution in [0.25, 0.3) is 0 Å². The predicted octanol–water partition coefficient (Wildman–Crippen LogP) is 18.2. The van der Waals surface area contributed by atoms with E-state index >= 15 is 0 Å². The molecular weight excluding hydrogens is 741 g/mol. The molecule has 0 saturated carbocycles. The van der Waals surface area contributed by atoms with Gasteiger partial charge >= 0.3 is 11.9 Å². The van der Waals surface area contributed by atoms with Gasteiger partial charge in [0, 0.05) is 19.4 Å². The van der Waals surface area contributed by atoms with E-state index in [1.54, 1.807) is 0 Å². The van der Waals surface area contributed by atoms with E-state index in [2.05, 4.69) is 32.9 Å². The molecule has 356 valence electrons. The second-order valence-electron chi connectivity index (χ2n) is 18.5. The molecule has 0 aromatic rings. The van der Waals surface area contributed by atoms with Crippen LogP contribution in [0.1, 0.15) is 303 Å². The van der Waals surface area contributed by atoms with Crippen LogP contribution >= 0.6 is 0 Å². The summed E-state index contributed by atoms with van der Waals surface area (Å²) in [6.45, 7) is 7.86. The van der Waals surface area contributed by atoms with E-state index in [1.165, 1.54) is 225 Å². The van der Waals surface area contributed by atoms with Gasteiger partial charge < -0.3 is 14.2 Å². The van der Waals surface area contributed by atoms with E-state index < -0.39 is 6.10 Å². The van der Waals surface area contributed by atoms with Gasteiger partial charge in [0.05, 0.1) is 6.61 Å². The summed E-state index contributed by atoms with van der Waals surface area (Å²) in [5.41, 5.74) is 0. The van der Waals surface area contributed by atoms with Crippen LogP contribution in [0.4, 0.5) is 0 Å². The van der Waals surface area contributed by atoms with Crippen LogP contribution < -0.4 is 0 Å². The molecule has 1 unspecified atom stereocenters. The number of esters is 2. The van der Waals surface area contributed by atoms with Gasteiger partial charge in [0.2, 0.25) is 0 Å². The minimum absolute atomic E-state index is 0.0915.